The zero-order valence-electron chi connectivity index (χ0n) is 5.28. The number of nitrogens with two attached hydrogens (primary N) is 2. The minimum Gasteiger partial charge on any atom is -0.300 e. The van der Waals surface area contributed by atoms with Crippen LogP contribution in [0.2, 0.25) is 0 Å². The molecule has 0 saturated heterocycles. The van der Waals surface area contributed by atoms with Crippen molar-refractivity contribution in [3.63, 3.8) is 0 Å². The monoisotopic (exact) mass is 104 g/mol. The highest BCUT2D eigenvalue weighted by molar-refractivity contribution is 3.92. The lowest BCUT2D eigenvalue weighted by Gasteiger charge is -1.92. The fraction of sp³-hybridized carbons (Fsp3) is 1.00. The maximum atomic E-state index is 2.28. The maximum Gasteiger partial charge on any atom is 0.201 e. The van der Waals surface area contributed by atoms with Crippen LogP contribution in [0.4, 0.5) is 0 Å². The highest BCUT2D eigenvalue weighted by Gasteiger charge is 1.80. The highest BCUT2D eigenvalue weighted by atomic mass is 15.0. The van der Waals surface area contributed by atoms with E-state index in [9.17, 15) is 0 Å². The molecule has 0 aliphatic rings. The van der Waals surface area contributed by atoms with Gasteiger partial charge in [0.05, 0.1) is 13.1 Å². The summed E-state index contributed by atoms with van der Waals surface area (Å²) >= 11 is 0. The van der Waals surface area contributed by atoms with Crippen LogP contribution in [0.15, 0.2) is 0 Å². The Bertz CT molecular complexity index is 25.3. The van der Waals surface area contributed by atoms with E-state index in [-0.39, 0.29) is 0 Å². The van der Waals surface area contributed by atoms with Crippen LogP contribution in [0.3, 0.4) is 0 Å². The van der Waals surface area contributed by atoms with Crippen molar-refractivity contribution in [3.05, 3.63) is 0 Å². The first kappa shape index (κ1) is 6.92. The SMILES string of the molecule is CC[NH2+]C[NH2+]CC. The molecule has 0 unspecified atom stereocenters. The zero-order chi connectivity index (χ0) is 5.54. The van der Waals surface area contributed by atoms with Gasteiger partial charge in [0.25, 0.3) is 0 Å². The average molecular weight is 104 g/mol. The van der Waals surface area contributed by atoms with Gasteiger partial charge in [-0.3, -0.25) is 0 Å². The summed E-state index contributed by atoms with van der Waals surface area (Å²) in [6.07, 6.45) is 0. The molecule has 0 aliphatic carbocycles. The minimum atomic E-state index is 1.19. The standard InChI is InChI=1S/C5H14N2/c1-3-6-5-7-4-2/h6-7H,3-5H2,1-2H3/p+2. The number of rotatable bonds is 4. The molecule has 2 nitrogen and oxygen atoms in total. The fourth-order valence-electron chi connectivity index (χ4n) is 0.451. The molecule has 4 N–H and O–H groups in total. The van der Waals surface area contributed by atoms with Gasteiger partial charge in [0.15, 0.2) is 0 Å². The molecular weight excluding hydrogens is 88.1 g/mol. The summed E-state index contributed by atoms with van der Waals surface area (Å²) in [5, 5.41) is 4.56. The van der Waals surface area contributed by atoms with E-state index >= 15 is 0 Å². The van der Waals surface area contributed by atoms with Crippen molar-refractivity contribution in [1.29, 1.82) is 0 Å². The molecule has 2 heteroatoms. The summed E-state index contributed by atoms with van der Waals surface area (Å²) in [7, 11) is 0. The molecule has 0 saturated carbocycles. The highest BCUT2D eigenvalue weighted by Crippen LogP contribution is 1.25. The third kappa shape index (κ3) is 5.92. The molecule has 0 aliphatic heterocycles. The van der Waals surface area contributed by atoms with Crippen molar-refractivity contribution >= 4 is 0 Å². The zero-order valence-corrected chi connectivity index (χ0v) is 5.28. The van der Waals surface area contributed by atoms with Crippen LogP contribution >= 0.6 is 0 Å². The van der Waals surface area contributed by atoms with Gasteiger partial charge in [-0.1, -0.05) is 0 Å². The molecule has 0 aromatic rings. The van der Waals surface area contributed by atoms with E-state index in [0.717, 1.165) is 0 Å². The second-order valence-corrected chi connectivity index (χ2v) is 1.63. The molecule has 0 rings (SSSR count). The average Bonchev–Trinajstić information content (AvgIpc) is 1.69. The topological polar surface area (TPSA) is 33.2 Å². The van der Waals surface area contributed by atoms with Gasteiger partial charge in [-0.25, -0.2) is 0 Å². The van der Waals surface area contributed by atoms with Gasteiger partial charge < -0.3 is 10.6 Å². The van der Waals surface area contributed by atoms with Crippen molar-refractivity contribution < 1.29 is 10.6 Å². The van der Waals surface area contributed by atoms with Gasteiger partial charge in [0.1, 0.15) is 0 Å². The molecule has 0 fully saturated rings. The fourth-order valence-corrected chi connectivity index (χ4v) is 0.451. The third-order valence-electron chi connectivity index (χ3n) is 0.911. The van der Waals surface area contributed by atoms with Crippen molar-refractivity contribution in [2.24, 2.45) is 0 Å². The van der Waals surface area contributed by atoms with E-state index in [1.165, 1.54) is 19.8 Å². The molecule has 0 atom stereocenters. The van der Waals surface area contributed by atoms with Crippen LogP contribution in [0.1, 0.15) is 13.8 Å². The lowest BCUT2D eigenvalue weighted by atomic mass is 10.7. The number of quaternary nitrogens is 2. The Hall–Kier alpha value is -0.0800. The molecule has 0 spiro atoms. The Morgan fingerprint density at radius 2 is 1.43 bits per heavy atom. The van der Waals surface area contributed by atoms with E-state index in [1.54, 1.807) is 0 Å². The smallest absolute Gasteiger partial charge is 0.201 e. The Balaban J connectivity index is 2.45. The van der Waals surface area contributed by atoms with Gasteiger partial charge in [-0.15, -0.1) is 0 Å². The first-order chi connectivity index (χ1) is 3.41. The quantitative estimate of drug-likeness (QED) is 0.309. The second kappa shape index (κ2) is 5.92. The summed E-state index contributed by atoms with van der Waals surface area (Å²) in [4.78, 5) is 0. The van der Waals surface area contributed by atoms with Crippen molar-refractivity contribution in [1.82, 2.24) is 0 Å². The van der Waals surface area contributed by atoms with E-state index < -0.39 is 0 Å². The first-order valence-corrected chi connectivity index (χ1v) is 3.05. The Morgan fingerprint density at radius 1 is 1.00 bits per heavy atom. The molecule has 0 aromatic heterocycles. The third-order valence-corrected chi connectivity index (χ3v) is 0.911. The second-order valence-electron chi connectivity index (χ2n) is 1.63. The van der Waals surface area contributed by atoms with Crippen LogP contribution in [-0.2, 0) is 0 Å². The van der Waals surface area contributed by atoms with E-state index in [4.69, 9.17) is 0 Å². The number of hydrogen-bond acceptors (Lipinski definition) is 0. The molecule has 7 heavy (non-hydrogen) atoms. The molecule has 0 heterocycles. The largest absolute Gasteiger partial charge is 0.300 e. The normalized spacial score (nSPS) is 9.43. The summed E-state index contributed by atoms with van der Waals surface area (Å²) in [5.41, 5.74) is 0. The van der Waals surface area contributed by atoms with Crippen LogP contribution in [0.5, 0.6) is 0 Å². The van der Waals surface area contributed by atoms with Gasteiger partial charge in [0, 0.05) is 0 Å². The predicted octanol–water partition coefficient (Wildman–Crippen LogP) is -1.89. The summed E-state index contributed by atoms with van der Waals surface area (Å²) in [6, 6.07) is 0. The Labute approximate surface area is 45.3 Å². The lowest BCUT2D eigenvalue weighted by molar-refractivity contribution is -0.855. The number of hydrogen-bond donors (Lipinski definition) is 2. The van der Waals surface area contributed by atoms with Crippen molar-refractivity contribution in [2.75, 3.05) is 19.8 Å². The summed E-state index contributed by atoms with van der Waals surface area (Å²) in [6.45, 7) is 7.94. The van der Waals surface area contributed by atoms with E-state index in [2.05, 4.69) is 24.5 Å². The minimum absolute atomic E-state index is 1.19. The molecule has 0 bridgehead atoms. The Kier molecular flexibility index (Phi) is 5.85. The van der Waals surface area contributed by atoms with Crippen LogP contribution < -0.4 is 10.6 Å². The predicted molar refractivity (Wildman–Crippen MR) is 29.8 cm³/mol. The Morgan fingerprint density at radius 3 is 1.71 bits per heavy atom. The maximum absolute atomic E-state index is 2.28. The van der Waals surface area contributed by atoms with E-state index in [1.807, 2.05) is 0 Å². The van der Waals surface area contributed by atoms with Crippen LogP contribution in [0.25, 0.3) is 0 Å². The molecule has 44 valence electrons. The molecule has 0 amide bonds. The van der Waals surface area contributed by atoms with Crippen molar-refractivity contribution in [2.45, 2.75) is 13.8 Å². The van der Waals surface area contributed by atoms with Crippen LogP contribution in [-0.4, -0.2) is 19.8 Å². The van der Waals surface area contributed by atoms with Crippen LogP contribution in [0, 0.1) is 0 Å². The summed E-state index contributed by atoms with van der Waals surface area (Å²) < 4.78 is 0. The summed E-state index contributed by atoms with van der Waals surface area (Å²) in [5.74, 6) is 0. The van der Waals surface area contributed by atoms with Gasteiger partial charge in [-0.05, 0) is 13.8 Å². The molecule has 0 radical (unpaired) electrons. The van der Waals surface area contributed by atoms with Gasteiger partial charge in [0.2, 0.25) is 6.67 Å². The molecule has 0 aromatic carbocycles. The van der Waals surface area contributed by atoms with E-state index in [0.29, 0.717) is 0 Å². The van der Waals surface area contributed by atoms with Crippen molar-refractivity contribution in [3.8, 4) is 0 Å². The molecular formula is C5H16N2+2. The van der Waals surface area contributed by atoms with Gasteiger partial charge >= 0.3 is 0 Å². The van der Waals surface area contributed by atoms with Gasteiger partial charge in [-0.2, -0.15) is 0 Å². The lowest BCUT2D eigenvalue weighted by Crippen LogP contribution is -3.05. The first-order valence-electron chi connectivity index (χ1n) is 3.05.